The standard InChI is InChI=1S/C7H13NOS/c1-6(2)4-8-7(9)5-10-3/h1,4-5H2,2-3H3,(H,8,9). The number of nitrogens with one attached hydrogen (secondary N) is 1. The second kappa shape index (κ2) is 5.35. The molecule has 0 radical (unpaired) electrons. The highest BCUT2D eigenvalue weighted by molar-refractivity contribution is 7.99. The van der Waals surface area contributed by atoms with Crippen LogP contribution < -0.4 is 5.32 Å². The Morgan fingerprint density at radius 2 is 2.30 bits per heavy atom. The van der Waals surface area contributed by atoms with Crippen LogP contribution in [0.3, 0.4) is 0 Å². The molecule has 0 aromatic heterocycles. The molecule has 2 nitrogen and oxygen atoms in total. The highest BCUT2D eigenvalue weighted by Gasteiger charge is 1.96. The maximum absolute atomic E-state index is 10.8. The van der Waals surface area contributed by atoms with E-state index in [0.29, 0.717) is 12.3 Å². The fourth-order valence-corrected chi connectivity index (χ4v) is 0.796. The molecule has 0 unspecified atom stereocenters. The van der Waals surface area contributed by atoms with Crippen molar-refractivity contribution in [3.05, 3.63) is 12.2 Å². The van der Waals surface area contributed by atoms with Crippen molar-refractivity contribution in [2.75, 3.05) is 18.6 Å². The summed E-state index contributed by atoms with van der Waals surface area (Å²) in [5.41, 5.74) is 0.981. The molecule has 0 aliphatic rings. The molecule has 0 aromatic carbocycles. The quantitative estimate of drug-likeness (QED) is 0.621. The van der Waals surface area contributed by atoms with Crippen molar-refractivity contribution in [3.63, 3.8) is 0 Å². The second-order valence-corrected chi connectivity index (χ2v) is 3.03. The molecule has 0 rings (SSSR count). The van der Waals surface area contributed by atoms with Gasteiger partial charge in [-0.05, 0) is 13.2 Å². The van der Waals surface area contributed by atoms with Gasteiger partial charge in [0.15, 0.2) is 0 Å². The number of hydrogen-bond donors (Lipinski definition) is 1. The van der Waals surface area contributed by atoms with Crippen LogP contribution in [0.2, 0.25) is 0 Å². The molecule has 0 aromatic rings. The molecule has 58 valence electrons. The molecule has 3 heteroatoms. The minimum absolute atomic E-state index is 0.0792. The Morgan fingerprint density at radius 3 is 2.70 bits per heavy atom. The number of carbonyl (C=O) groups is 1. The molecule has 0 fully saturated rings. The van der Waals surface area contributed by atoms with Crippen molar-refractivity contribution in [3.8, 4) is 0 Å². The zero-order valence-electron chi connectivity index (χ0n) is 6.44. The van der Waals surface area contributed by atoms with Gasteiger partial charge in [-0.25, -0.2) is 0 Å². The maximum Gasteiger partial charge on any atom is 0.230 e. The smallest absolute Gasteiger partial charge is 0.230 e. The number of hydrogen-bond acceptors (Lipinski definition) is 2. The van der Waals surface area contributed by atoms with E-state index in [4.69, 9.17) is 0 Å². The normalized spacial score (nSPS) is 9.00. The van der Waals surface area contributed by atoms with Gasteiger partial charge in [0.25, 0.3) is 0 Å². The topological polar surface area (TPSA) is 29.1 Å². The Kier molecular flexibility index (Phi) is 5.12. The van der Waals surface area contributed by atoms with Crippen molar-refractivity contribution < 1.29 is 4.79 Å². The highest BCUT2D eigenvalue weighted by Crippen LogP contribution is 1.89. The first-order valence-corrected chi connectivity index (χ1v) is 4.46. The van der Waals surface area contributed by atoms with Gasteiger partial charge < -0.3 is 5.32 Å². The largest absolute Gasteiger partial charge is 0.352 e. The lowest BCUT2D eigenvalue weighted by Gasteiger charge is -2.01. The number of rotatable bonds is 4. The molecule has 1 N–H and O–H groups in total. The van der Waals surface area contributed by atoms with E-state index >= 15 is 0 Å². The van der Waals surface area contributed by atoms with Gasteiger partial charge in [-0.1, -0.05) is 12.2 Å². The van der Waals surface area contributed by atoms with Gasteiger partial charge in [0.2, 0.25) is 5.91 Å². The monoisotopic (exact) mass is 159 g/mol. The van der Waals surface area contributed by atoms with Crippen LogP contribution in [0.4, 0.5) is 0 Å². The molecule has 10 heavy (non-hydrogen) atoms. The first-order chi connectivity index (χ1) is 4.66. The maximum atomic E-state index is 10.8. The zero-order valence-corrected chi connectivity index (χ0v) is 7.25. The predicted molar refractivity (Wildman–Crippen MR) is 46.2 cm³/mol. The average Bonchev–Trinajstić information content (AvgIpc) is 1.85. The second-order valence-electron chi connectivity index (χ2n) is 2.17. The molecular weight excluding hydrogens is 146 g/mol. The van der Waals surface area contributed by atoms with Crippen molar-refractivity contribution in [2.24, 2.45) is 0 Å². The number of amides is 1. The SMILES string of the molecule is C=C(C)CNC(=O)CSC. The third-order valence-electron chi connectivity index (χ3n) is 0.863. The summed E-state index contributed by atoms with van der Waals surface area (Å²) < 4.78 is 0. The first-order valence-electron chi connectivity index (χ1n) is 3.07. The fourth-order valence-electron chi connectivity index (χ4n) is 0.432. The van der Waals surface area contributed by atoms with Gasteiger partial charge in [-0.15, -0.1) is 0 Å². The summed E-state index contributed by atoms with van der Waals surface area (Å²) in [6.45, 7) is 6.15. The van der Waals surface area contributed by atoms with Gasteiger partial charge in [0.1, 0.15) is 0 Å². The van der Waals surface area contributed by atoms with E-state index in [-0.39, 0.29) is 5.91 Å². The van der Waals surface area contributed by atoms with E-state index in [9.17, 15) is 4.79 Å². The van der Waals surface area contributed by atoms with Crippen LogP contribution in [0.1, 0.15) is 6.92 Å². The van der Waals surface area contributed by atoms with Crippen LogP contribution in [0.15, 0.2) is 12.2 Å². The van der Waals surface area contributed by atoms with Crippen LogP contribution >= 0.6 is 11.8 Å². The Bertz CT molecular complexity index is 134. The molecule has 0 saturated heterocycles. The Morgan fingerprint density at radius 1 is 1.70 bits per heavy atom. The molecule has 0 aliphatic carbocycles. The van der Waals surface area contributed by atoms with E-state index in [0.717, 1.165) is 5.57 Å². The molecule has 0 bridgehead atoms. The van der Waals surface area contributed by atoms with Crippen LogP contribution in [-0.4, -0.2) is 24.5 Å². The van der Waals surface area contributed by atoms with Gasteiger partial charge in [-0.3, -0.25) is 4.79 Å². The van der Waals surface area contributed by atoms with Gasteiger partial charge >= 0.3 is 0 Å². The Hall–Kier alpha value is -0.440. The number of carbonyl (C=O) groups excluding carboxylic acids is 1. The molecule has 1 amide bonds. The lowest BCUT2D eigenvalue weighted by atomic mass is 10.3. The Labute approximate surface area is 66.1 Å². The molecule has 0 saturated carbocycles. The first kappa shape index (κ1) is 9.56. The van der Waals surface area contributed by atoms with Crippen molar-refractivity contribution in [1.29, 1.82) is 0 Å². The van der Waals surface area contributed by atoms with Crippen LogP contribution in [0.25, 0.3) is 0 Å². The zero-order chi connectivity index (χ0) is 7.98. The van der Waals surface area contributed by atoms with Gasteiger partial charge in [-0.2, -0.15) is 11.8 Å². The molecular formula is C7H13NOS. The van der Waals surface area contributed by atoms with Crippen LogP contribution in [0, 0.1) is 0 Å². The minimum Gasteiger partial charge on any atom is -0.352 e. The third-order valence-corrected chi connectivity index (χ3v) is 1.41. The summed E-state index contributed by atoms with van der Waals surface area (Å²) in [6.07, 6.45) is 1.90. The van der Waals surface area contributed by atoms with Gasteiger partial charge in [0, 0.05) is 6.54 Å². The highest BCUT2D eigenvalue weighted by atomic mass is 32.2. The van der Waals surface area contributed by atoms with E-state index in [1.54, 1.807) is 0 Å². The average molecular weight is 159 g/mol. The predicted octanol–water partition coefficient (Wildman–Crippen LogP) is 1.04. The summed E-state index contributed by atoms with van der Waals surface area (Å²) in [7, 11) is 0. The van der Waals surface area contributed by atoms with Crippen molar-refractivity contribution in [1.82, 2.24) is 5.32 Å². The van der Waals surface area contributed by atoms with Crippen LogP contribution in [-0.2, 0) is 4.79 Å². The molecule has 0 heterocycles. The van der Waals surface area contributed by atoms with Crippen molar-refractivity contribution >= 4 is 17.7 Å². The van der Waals surface area contributed by atoms with Crippen LogP contribution in [0.5, 0.6) is 0 Å². The van der Waals surface area contributed by atoms with E-state index < -0.39 is 0 Å². The third kappa shape index (κ3) is 5.69. The van der Waals surface area contributed by atoms with E-state index in [2.05, 4.69) is 11.9 Å². The summed E-state index contributed by atoms with van der Waals surface area (Å²) in [4.78, 5) is 10.8. The fraction of sp³-hybridized carbons (Fsp3) is 0.571. The van der Waals surface area contributed by atoms with E-state index in [1.807, 2.05) is 13.2 Å². The Balaban J connectivity index is 3.30. The van der Waals surface area contributed by atoms with Crippen molar-refractivity contribution in [2.45, 2.75) is 6.92 Å². The molecule has 0 aliphatic heterocycles. The lowest BCUT2D eigenvalue weighted by Crippen LogP contribution is -2.26. The summed E-state index contributed by atoms with van der Waals surface area (Å²) in [5, 5.41) is 2.72. The lowest BCUT2D eigenvalue weighted by molar-refractivity contribution is -0.118. The summed E-state index contributed by atoms with van der Waals surface area (Å²) >= 11 is 1.52. The number of thioether (sulfide) groups is 1. The summed E-state index contributed by atoms with van der Waals surface area (Å²) in [6, 6.07) is 0. The minimum atomic E-state index is 0.0792. The molecule has 0 atom stereocenters. The van der Waals surface area contributed by atoms with Gasteiger partial charge in [0.05, 0.1) is 5.75 Å². The van der Waals surface area contributed by atoms with E-state index in [1.165, 1.54) is 11.8 Å². The summed E-state index contributed by atoms with van der Waals surface area (Å²) in [5.74, 6) is 0.614. The molecule has 0 spiro atoms.